The number of methoxy groups -OCH3 is 1. The maximum atomic E-state index is 12.2. The van der Waals surface area contributed by atoms with Gasteiger partial charge in [0.1, 0.15) is 0 Å². The Kier molecular flexibility index (Phi) is 7.61. The molecule has 0 radical (unpaired) electrons. The van der Waals surface area contributed by atoms with Gasteiger partial charge >= 0.3 is 12.0 Å². The lowest BCUT2D eigenvalue weighted by molar-refractivity contribution is 0.0600. The number of anilines is 1. The molecule has 0 aliphatic heterocycles. The molecule has 0 aliphatic carbocycles. The molecule has 146 valence electrons. The van der Waals surface area contributed by atoms with Crippen molar-refractivity contribution in [3.05, 3.63) is 65.2 Å². The third-order valence-electron chi connectivity index (χ3n) is 3.98. The van der Waals surface area contributed by atoms with Crippen LogP contribution in [0.2, 0.25) is 0 Å². The van der Waals surface area contributed by atoms with E-state index in [9.17, 15) is 14.7 Å². The predicted octanol–water partition coefficient (Wildman–Crippen LogP) is 3.11. The summed E-state index contributed by atoms with van der Waals surface area (Å²) in [5, 5.41) is 12.1. The van der Waals surface area contributed by atoms with Crippen LogP contribution < -0.4 is 5.32 Å². The molecule has 2 rings (SSSR count). The molecule has 0 aliphatic rings. The lowest BCUT2D eigenvalue weighted by Gasteiger charge is -2.18. The lowest BCUT2D eigenvalue weighted by atomic mass is 10.1. The number of carbonyl (C=O) groups excluding carboxylic acids is 2. The minimum absolute atomic E-state index is 0.253. The van der Waals surface area contributed by atoms with Crippen LogP contribution in [0.15, 0.2) is 48.5 Å². The molecule has 0 saturated heterocycles. The lowest BCUT2D eigenvalue weighted by Crippen LogP contribution is -2.33. The third kappa shape index (κ3) is 6.45. The van der Waals surface area contributed by atoms with Crippen LogP contribution in [-0.2, 0) is 4.74 Å². The van der Waals surface area contributed by atoms with Crippen molar-refractivity contribution in [2.45, 2.75) is 19.4 Å². The third-order valence-corrected chi connectivity index (χ3v) is 3.98. The number of hydrogen-bond acceptors (Lipinski definition) is 4. The first-order valence-corrected chi connectivity index (χ1v) is 8.89. The maximum Gasteiger partial charge on any atom is 0.337 e. The Hall–Kier alpha value is -3.30. The van der Waals surface area contributed by atoms with Gasteiger partial charge in [0.05, 0.1) is 18.8 Å². The average Bonchev–Trinajstić information content (AvgIpc) is 2.70. The molecule has 2 amide bonds. The van der Waals surface area contributed by atoms with Crippen LogP contribution in [0, 0.1) is 11.8 Å². The second-order valence-corrected chi connectivity index (χ2v) is 6.39. The second kappa shape index (κ2) is 10.1. The fraction of sp³-hybridized carbons (Fsp3) is 0.273. The van der Waals surface area contributed by atoms with Gasteiger partial charge in [-0.3, -0.25) is 0 Å². The number of nitrogens with zero attached hydrogens (tertiary/aromatic N) is 1. The highest BCUT2D eigenvalue weighted by atomic mass is 16.5. The molecule has 2 aromatic rings. The van der Waals surface area contributed by atoms with Crippen molar-refractivity contribution >= 4 is 17.7 Å². The van der Waals surface area contributed by atoms with Crippen molar-refractivity contribution < 1.29 is 19.4 Å². The van der Waals surface area contributed by atoms with E-state index in [1.807, 2.05) is 12.1 Å². The van der Waals surface area contributed by atoms with Crippen LogP contribution in [0.5, 0.6) is 0 Å². The van der Waals surface area contributed by atoms with E-state index >= 15 is 0 Å². The zero-order chi connectivity index (χ0) is 20.5. The number of ether oxygens (including phenoxy) is 1. The summed E-state index contributed by atoms with van der Waals surface area (Å²) in [6, 6.07) is 13.8. The summed E-state index contributed by atoms with van der Waals surface area (Å²) >= 11 is 0. The van der Waals surface area contributed by atoms with Crippen LogP contribution >= 0.6 is 0 Å². The number of urea groups is 1. The van der Waals surface area contributed by atoms with Crippen LogP contribution in [-0.4, -0.2) is 48.8 Å². The Labute approximate surface area is 165 Å². The van der Waals surface area contributed by atoms with Gasteiger partial charge in [-0.2, -0.15) is 0 Å². The van der Waals surface area contributed by atoms with Crippen molar-refractivity contribution in [3.63, 3.8) is 0 Å². The van der Waals surface area contributed by atoms with Gasteiger partial charge < -0.3 is 20.1 Å². The largest absolute Gasteiger partial charge is 0.465 e. The monoisotopic (exact) mass is 380 g/mol. The van der Waals surface area contributed by atoms with Crippen molar-refractivity contribution in [1.29, 1.82) is 0 Å². The molecule has 1 unspecified atom stereocenters. The predicted molar refractivity (Wildman–Crippen MR) is 108 cm³/mol. The van der Waals surface area contributed by atoms with Crippen LogP contribution in [0.25, 0.3) is 0 Å². The number of amides is 2. The number of esters is 1. The molecule has 6 nitrogen and oxygen atoms in total. The number of aliphatic hydroxyl groups is 1. The number of nitrogens with one attached hydrogen (secondary N) is 1. The number of benzene rings is 2. The summed E-state index contributed by atoms with van der Waals surface area (Å²) in [6.07, 6.45) is 0.0617. The van der Waals surface area contributed by atoms with Crippen molar-refractivity contribution in [2.24, 2.45) is 0 Å². The minimum Gasteiger partial charge on any atom is -0.465 e. The number of aliphatic hydroxyl groups excluding tert-OH is 1. The smallest absolute Gasteiger partial charge is 0.337 e. The topological polar surface area (TPSA) is 78.9 Å². The zero-order valence-electron chi connectivity index (χ0n) is 16.2. The van der Waals surface area contributed by atoms with Crippen molar-refractivity contribution in [1.82, 2.24) is 4.90 Å². The number of hydrogen-bond donors (Lipinski definition) is 2. The zero-order valence-corrected chi connectivity index (χ0v) is 16.2. The first kappa shape index (κ1) is 21.0. The quantitative estimate of drug-likeness (QED) is 0.617. The van der Waals surface area contributed by atoms with Gasteiger partial charge in [-0.1, -0.05) is 24.0 Å². The van der Waals surface area contributed by atoms with E-state index in [-0.39, 0.29) is 6.03 Å². The molecule has 2 N–H and O–H groups in total. The Morgan fingerprint density at radius 3 is 2.43 bits per heavy atom. The van der Waals surface area contributed by atoms with Gasteiger partial charge in [0.25, 0.3) is 0 Å². The SMILES string of the molecule is COC(=O)c1cccc(C#Cc2cccc(NC(=O)N(C)CCC(C)O)c2)c1. The van der Waals surface area contributed by atoms with Crippen molar-refractivity contribution in [3.8, 4) is 11.8 Å². The summed E-state index contributed by atoms with van der Waals surface area (Å²) in [5.41, 5.74) is 2.49. The van der Waals surface area contributed by atoms with E-state index in [4.69, 9.17) is 4.74 Å². The fourth-order valence-electron chi connectivity index (χ4n) is 2.36. The summed E-state index contributed by atoms with van der Waals surface area (Å²) in [4.78, 5) is 25.3. The summed E-state index contributed by atoms with van der Waals surface area (Å²) in [5.74, 6) is 5.63. The molecular formula is C22H24N2O4. The first-order chi connectivity index (χ1) is 13.4. The molecule has 0 fully saturated rings. The molecular weight excluding hydrogens is 356 g/mol. The maximum absolute atomic E-state index is 12.2. The van der Waals surface area contributed by atoms with Crippen molar-refractivity contribution in [2.75, 3.05) is 26.0 Å². The minimum atomic E-state index is -0.452. The van der Waals surface area contributed by atoms with E-state index in [1.165, 1.54) is 12.0 Å². The Balaban J connectivity index is 2.07. The van der Waals surface area contributed by atoms with E-state index < -0.39 is 12.1 Å². The average molecular weight is 380 g/mol. The number of carbonyl (C=O) groups is 2. The molecule has 2 aromatic carbocycles. The number of rotatable bonds is 5. The summed E-state index contributed by atoms with van der Waals surface area (Å²) in [6.45, 7) is 2.15. The van der Waals surface area contributed by atoms with E-state index in [0.29, 0.717) is 29.8 Å². The van der Waals surface area contributed by atoms with Crippen LogP contribution in [0.1, 0.15) is 34.8 Å². The molecule has 1 atom stereocenters. The van der Waals surface area contributed by atoms with E-state index in [2.05, 4.69) is 17.2 Å². The summed E-state index contributed by atoms with van der Waals surface area (Å²) < 4.78 is 4.71. The van der Waals surface area contributed by atoms with Gasteiger partial charge in [0.2, 0.25) is 0 Å². The highest BCUT2D eigenvalue weighted by Crippen LogP contribution is 2.12. The molecule has 28 heavy (non-hydrogen) atoms. The van der Waals surface area contributed by atoms with Gasteiger partial charge in [-0.15, -0.1) is 0 Å². The Bertz CT molecular complexity index is 897. The molecule has 0 spiro atoms. The van der Waals surface area contributed by atoms with E-state index in [0.717, 1.165) is 5.56 Å². The first-order valence-electron chi connectivity index (χ1n) is 8.89. The van der Waals surface area contributed by atoms with Gasteiger partial charge in [0.15, 0.2) is 0 Å². The van der Waals surface area contributed by atoms with Crippen LogP contribution in [0.3, 0.4) is 0 Å². The highest BCUT2D eigenvalue weighted by molar-refractivity contribution is 5.90. The molecule has 0 aromatic heterocycles. The highest BCUT2D eigenvalue weighted by Gasteiger charge is 2.10. The normalized spacial score (nSPS) is 11.0. The fourth-order valence-corrected chi connectivity index (χ4v) is 2.36. The van der Waals surface area contributed by atoms with E-state index in [1.54, 1.807) is 50.4 Å². The van der Waals surface area contributed by atoms with Crippen LogP contribution in [0.4, 0.5) is 10.5 Å². The molecule has 0 bridgehead atoms. The summed E-state index contributed by atoms with van der Waals surface area (Å²) in [7, 11) is 3.01. The Morgan fingerprint density at radius 1 is 1.14 bits per heavy atom. The Morgan fingerprint density at radius 2 is 1.79 bits per heavy atom. The molecule has 0 saturated carbocycles. The molecule has 0 heterocycles. The second-order valence-electron chi connectivity index (χ2n) is 6.39. The van der Waals surface area contributed by atoms with Gasteiger partial charge in [0, 0.05) is 30.4 Å². The molecule has 6 heteroatoms. The van der Waals surface area contributed by atoms with Gasteiger partial charge in [-0.25, -0.2) is 9.59 Å². The van der Waals surface area contributed by atoms with Gasteiger partial charge in [-0.05, 0) is 49.7 Å². The standard InChI is InChI=1S/C22H24N2O4/c1-16(25)12-13-24(2)22(27)23-20-9-5-7-18(15-20)11-10-17-6-4-8-19(14-17)21(26)28-3/h4-9,14-16,25H,12-13H2,1-3H3,(H,23,27).